The summed E-state index contributed by atoms with van der Waals surface area (Å²) in [5.41, 5.74) is 1.77. The number of Topliss-reactive ketones (excluding diaryl/α,β-unsaturated/α-hetero) is 1. The van der Waals surface area contributed by atoms with Crippen molar-refractivity contribution in [3.8, 4) is 0 Å². The number of ketones is 1. The molecule has 0 aliphatic heterocycles. The van der Waals surface area contributed by atoms with Crippen LogP contribution < -0.4 is 0 Å². The second-order valence-corrected chi connectivity index (χ2v) is 5.35. The van der Waals surface area contributed by atoms with Gasteiger partial charge >= 0.3 is 0 Å². The Labute approximate surface area is 102 Å². The average Bonchev–Trinajstić information content (AvgIpc) is 2.42. The molecule has 2 rings (SSSR count). The summed E-state index contributed by atoms with van der Waals surface area (Å²) in [4.78, 5) is 12.1. The Morgan fingerprint density at radius 2 is 2.13 bits per heavy atom. The molecule has 0 spiro atoms. The highest BCUT2D eigenvalue weighted by Crippen LogP contribution is 2.39. The number of carbonyl (C=O) groups excluding carboxylic acids is 1. The van der Waals surface area contributed by atoms with Gasteiger partial charge in [-0.1, -0.05) is 42.5 Å². The van der Waals surface area contributed by atoms with E-state index >= 15 is 0 Å². The van der Waals surface area contributed by atoms with E-state index in [9.17, 15) is 9.18 Å². The largest absolute Gasteiger partial charge is 0.294 e. The van der Waals surface area contributed by atoms with Gasteiger partial charge in [0.25, 0.3) is 0 Å². The maximum atomic E-state index is 13.6. The Balaban J connectivity index is 2.67. The summed E-state index contributed by atoms with van der Waals surface area (Å²) >= 11 is 2.21. The first-order valence-electron chi connectivity index (χ1n) is 4.88. The molecular formula is C12H12FIO. The molecule has 1 nitrogen and oxygen atoms in total. The molecule has 0 unspecified atom stereocenters. The Morgan fingerprint density at radius 1 is 1.47 bits per heavy atom. The number of fused-ring (bicyclic) bond motifs is 1. The van der Waals surface area contributed by atoms with Crippen molar-refractivity contribution in [1.82, 2.24) is 0 Å². The highest BCUT2D eigenvalue weighted by molar-refractivity contribution is 14.1. The zero-order valence-corrected chi connectivity index (χ0v) is 10.9. The summed E-state index contributed by atoms with van der Waals surface area (Å²) in [5, 5.41) is 0. The number of hydrogen-bond donors (Lipinski definition) is 0. The molecule has 0 atom stereocenters. The summed E-state index contributed by atoms with van der Waals surface area (Å²) < 4.78 is 14.3. The molecule has 0 N–H and O–H groups in total. The first kappa shape index (κ1) is 11.0. The van der Waals surface area contributed by atoms with Gasteiger partial charge in [-0.3, -0.25) is 4.79 Å². The van der Waals surface area contributed by atoms with Gasteiger partial charge < -0.3 is 0 Å². The minimum Gasteiger partial charge on any atom is -0.294 e. The van der Waals surface area contributed by atoms with Crippen LogP contribution in [0.2, 0.25) is 0 Å². The molecule has 0 amide bonds. The monoisotopic (exact) mass is 318 g/mol. The van der Waals surface area contributed by atoms with Gasteiger partial charge in [-0.2, -0.15) is 0 Å². The third-order valence-corrected chi connectivity index (χ3v) is 3.77. The van der Waals surface area contributed by atoms with Crippen molar-refractivity contribution in [2.24, 2.45) is 5.41 Å². The Bertz CT molecular complexity index is 437. The molecule has 0 radical (unpaired) electrons. The second kappa shape index (κ2) is 3.54. The first-order chi connectivity index (χ1) is 6.97. The lowest BCUT2D eigenvalue weighted by molar-refractivity contribution is 0.0863. The fraction of sp³-hybridized carbons (Fsp3) is 0.417. The van der Waals surface area contributed by atoms with Gasteiger partial charge in [0.15, 0.2) is 5.78 Å². The number of halogens is 2. The first-order valence-corrected chi connectivity index (χ1v) is 6.41. The predicted molar refractivity (Wildman–Crippen MR) is 65.9 cm³/mol. The summed E-state index contributed by atoms with van der Waals surface area (Å²) in [5.74, 6) is -0.152. The minimum absolute atomic E-state index is 0.0867. The third kappa shape index (κ3) is 1.61. The smallest absolute Gasteiger partial charge is 0.169 e. The normalized spacial score (nSPS) is 18.0. The highest BCUT2D eigenvalue weighted by atomic mass is 127. The maximum Gasteiger partial charge on any atom is 0.169 e. The van der Waals surface area contributed by atoms with Crippen LogP contribution in [-0.2, 0) is 10.8 Å². The van der Waals surface area contributed by atoms with E-state index < -0.39 is 5.41 Å². The number of rotatable bonds is 1. The molecule has 0 saturated carbocycles. The van der Waals surface area contributed by atoms with Crippen LogP contribution >= 0.6 is 22.6 Å². The van der Waals surface area contributed by atoms with E-state index in [-0.39, 0.29) is 11.6 Å². The molecule has 0 fully saturated rings. The van der Waals surface area contributed by atoms with Crippen LogP contribution in [0, 0.1) is 11.2 Å². The number of carbonyl (C=O) groups is 1. The zero-order chi connectivity index (χ0) is 11.2. The van der Waals surface area contributed by atoms with Crippen molar-refractivity contribution in [3.63, 3.8) is 0 Å². The minimum atomic E-state index is -0.439. The van der Waals surface area contributed by atoms with Gasteiger partial charge in [0.1, 0.15) is 5.82 Å². The second-order valence-electron chi connectivity index (χ2n) is 4.58. The van der Waals surface area contributed by atoms with E-state index in [1.807, 2.05) is 13.8 Å². The van der Waals surface area contributed by atoms with Crippen molar-refractivity contribution in [2.45, 2.75) is 24.7 Å². The van der Waals surface area contributed by atoms with Crippen LogP contribution in [0.15, 0.2) is 12.1 Å². The van der Waals surface area contributed by atoms with Gasteiger partial charge in [-0.25, -0.2) is 4.39 Å². The van der Waals surface area contributed by atoms with Crippen molar-refractivity contribution in [3.05, 3.63) is 34.6 Å². The van der Waals surface area contributed by atoms with Crippen molar-refractivity contribution in [1.29, 1.82) is 0 Å². The highest BCUT2D eigenvalue weighted by Gasteiger charge is 2.40. The van der Waals surface area contributed by atoms with Crippen LogP contribution in [0.4, 0.5) is 4.39 Å². The summed E-state index contributed by atoms with van der Waals surface area (Å²) in [6.07, 6.45) is 0.525. The number of alkyl halides is 1. The summed E-state index contributed by atoms with van der Waals surface area (Å²) in [6, 6.07) is 3.20. The van der Waals surface area contributed by atoms with Crippen LogP contribution in [0.25, 0.3) is 0 Å². The van der Waals surface area contributed by atoms with Crippen molar-refractivity contribution < 1.29 is 9.18 Å². The van der Waals surface area contributed by atoms with E-state index in [4.69, 9.17) is 0 Å². The van der Waals surface area contributed by atoms with Gasteiger partial charge in [0, 0.05) is 15.4 Å². The van der Waals surface area contributed by atoms with E-state index in [1.54, 1.807) is 6.07 Å². The molecule has 80 valence electrons. The lowest BCUT2D eigenvalue weighted by Crippen LogP contribution is -2.19. The maximum absolute atomic E-state index is 13.6. The molecule has 1 aromatic rings. The Morgan fingerprint density at radius 3 is 2.73 bits per heavy atom. The molecule has 1 aromatic carbocycles. The molecule has 0 aromatic heterocycles. The van der Waals surface area contributed by atoms with Gasteiger partial charge in [-0.15, -0.1) is 0 Å². The lowest BCUT2D eigenvalue weighted by atomic mass is 9.88. The van der Waals surface area contributed by atoms with Crippen LogP contribution in [-0.4, -0.2) is 5.78 Å². The van der Waals surface area contributed by atoms with Crippen molar-refractivity contribution >= 4 is 28.4 Å². The summed E-state index contributed by atoms with van der Waals surface area (Å²) in [6.45, 7) is 3.76. The summed E-state index contributed by atoms with van der Waals surface area (Å²) in [7, 11) is 0. The lowest BCUT2D eigenvalue weighted by Gasteiger charge is -2.13. The molecular weight excluding hydrogens is 306 g/mol. The number of benzene rings is 1. The molecule has 1 aliphatic carbocycles. The van der Waals surface area contributed by atoms with E-state index in [0.29, 0.717) is 17.5 Å². The zero-order valence-electron chi connectivity index (χ0n) is 8.73. The van der Waals surface area contributed by atoms with Crippen LogP contribution in [0.5, 0.6) is 0 Å². The standard InChI is InChI=1S/C12H12FIO/c1-12(2)5-8-9(13)4-3-7(6-14)10(8)11(12)15/h3-4H,5-6H2,1-2H3. The van der Waals surface area contributed by atoms with Crippen LogP contribution in [0.3, 0.4) is 0 Å². The topological polar surface area (TPSA) is 17.1 Å². The molecule has 0 saturated heterocycles. The molecule has 15 heavy (non-hydrogen) atoms. The Hall–Kier alpha value is -0.450. The SMILES string of the molecule is CC1(C)Cc2c(F)ccc(CI)c2C1=O. The predicted octanol–water partition coefficient (Wildman–Crippen LogP) is 3.53. The fourth-order valence-corrected chi connectivity index (χ4v) is 2.73. The molecule has 3 heteroatoms. The number of hydrogen-bond acceptors (Lipinski definition) is 1. The molecule has 0 bridgehead atoms. The molecule has 0 heterocycles. The molecule has 1 aliphatic rings. The van der Waals surface area contributed by atoms with Gasteiger partial charge in [0.05, 0.1) is 0 Å². The van der Waals surface area contributed by atoms with Gasteiger partial charge in [0.2, 0.25) is 0 Å². The Kier molecular flexibility index (Phi) is 2.61. The fourth-order valence-electron chi connectivity index (χ4n) is 2.10. The third-order valence-electron chi connectivity index (χ3n) is 2.95. The van der Waals surface area contributed by atoms with E-state index in [1.165, 1.54) is 6.07 Å². The van der Waals surface area contributed by atoms with E-state index in [0.717, 1.165) is 9.99 Å². The van der Waals surface area contributed by atoms with Crippen molar-refractivity contribution in [2.75, 3.05) is 0 Å². The van der Waals surface area contributed by atoms with E-state index in [2.05, 4.69) is 22.6 Å². The quantitative estimate of drug-likeness (QED) is 0.572. The van der Waals surface area contributed by atoms with Crippen LogP contribution in [0.1, 0.15) is 35.3 Å². The average molecular weight is 318 g/mol. The van der Waals surface area contributed by atoms with Gasteiger partial charge in [-0.05, 0) is 23.6 Å².